The van der Waals surface area contributed by atoms with Crippen molar-refractivity contribution in [1.82, 2.24) is 9.55 Å². The molecule has 1 unspecified atom stereocenters. The molecule has 4 nitrogen and oxygen atoms in total. The summed E-state index contributed by atoms with van der Waals surface area (Å²) >= 11 is 0. The van der Waals surface area contributed by atoms with Gasteiger partial charge in [0.15, 0.2) is 5.03 Å². The molecule has 2 heterocycles. The lowest BCUT2D eigenvalue weighted by atomic mass is 10.0. The van der Waals surface area contributed by atoms with Crippen LogP contribution in [0.5, 0.6) is 0 Å². The van der Waals surface area contributed by atoms with Crippen LogP contribution in [0.4, 0.5) is 0 Å². The summed E-state index contributed by atoms with van der Waals surface area (Å²) in [4.78, 5) is 4.26. The Morgan fingerprint density at radius 2 is 2.12 bits per heavy atom. The molecule has 17 heavy (non-hydrogen) atoms. The molecule has 0 N–H and O–H groups in total. The van der Waals surface area contributed by atoms with Crippen LogP contribution in [-0.2, 0) is 15.5 Å². The van der Waals surface area contributed by atoms with Crippen molar-refractivity contribution in [3.8, 4) is 0 Å². The second kappa shape index (κ2) is 4.28. The third-order valence-corrected chi connectivity index (χ3v) is 4.45. The van der Waals surface area contributed by atoms with Crippen molar-refractivity contribution < 1.29 is 8.42 Å². The van der Waals surface area contributed by atoms with E-state index in [2.05, 4.69) is 16.5 Å². The van der Waals surface area contributed by atoms with Crippen LogP contribution in [0.3, 0.4) is 0 Å². The Balaban J connectivity index is 2.69. The van der Waals surface area contributed by atoms with Crippen LogP contribution in [0.1, 0.15) is 57.1 Å². The molecular weight excluding hydrogens is 260 g/mol. The Kier molecular flexibility index (Phi) is 3.25. The Morgan fingerprint density at radius 3 is 2.65 bits per heavy atom. The molecule has 1 aliphatic heterocycles. The minimum absolute atomic E-state index is 0.0643. The molecule has 0 radical (unpaired) electrons. The SMILES string of the molecule is CC(C)c1nc(S(=O)(=O)Cl)c2n1C(C)CCC2. The number of fused-ring (bicyclic) bond motifs is 1. The van der Waals surface area contributed by atoms with Crippen LogP contribution >= 0.6 is 10.7 Å². The molecule has 1 aromatic heterocycles. The first-order chi connectivity index (χ1) is 7.82. The fourth-order valence-corrected chi connectivity index (χ4v) is 3.53. The third-order valence-electron chi connectivity index (χ3n) is 3.22. The summed E-state index contributed by atoms with van der Waals surface area (Å²) < 4.78 is 25.1. The van der Waals surface area contributed by atoms with Crippen molar-refractivity contribution in [3.63, 3.8) is 0 Å². The van der Waals surface area contributed by atoms with Gasteiger partial charge in [0, 0.05) is 22.6 Å². The Morgan fingerprint density at radius 1 is 1.47 bits per heavy atom. The lowest BCUT2D eigenvalue weighted by Crippen LogP contribution is -2.18. The average Bonchev–Trinajstić information content (AvgIpc) is 2.57. The molecule has 2 rings (SSSR count). The maximum atomic E-state index is 11.5. The van der Waals surface area contributed by atoms with E-state index in [0.29, 0.717) is 6.04 Å². The van der Waals surface area contributed by atoms with E-state index in [-0.39, 0.29) is 10.9 Å². The summed E-state index contributed by atoms with van der Waals surface area (Å²) in [5, 5.41) is 0.0643. The van der Waals surface area contributed by atoms with E-state index in [0.717, 1.165) is 30.8 Å². The number of halogens is 1. The van der Waals surface area contributed by atoms with Crippen LogP contribution < -0.4 is 0 Å². The molecule has 0 bridgehead atoms. The monoisotopic (exact) mass is 276 g/mol. The molecule has 1 atom stereocenters. The van der Waals surface area contributed by atoms with E-state index < -0.39 is 9.05 Å². The first-order valence-electron chi connectivity index (χ1n) is 5.88. The highest BCUT2D eigenvalue weighted by Crippen LogP contribution is 2.34. The van der Waals surface area contributed by atoms with E-state index >= 15 is 0 Å². The summed E-state index contributed by atoms with van der Waals surface area (Å²) in [6.45, 7) is 6.13. The summed E-state index contributed by atoms with van der Waals surface area (Å²) in [5.41, 5.74) is 0.780. The molecule has 1 aromatic rings. The maximum absolute atomic E-state index is 11.5. The van der Waals surface area contributed by atoms with E-state index in [9.17, 15) is 8.42 Å². The van der Waals surface area contributed by atoms with Gasteiger partial charge in [-0.05, 0) is 26.2 Å². The van der Waals surface area contributed by atoms with Gasteiger partial charge in [0.25, 0.3) is 9.05 Å². The van der Waals surface area contributed by atoms with Crippen molar-refractivity contribution in [2.75, 3.05) is 0 Å². The number of nitrogens with zero attached hydrogens (tertiary/aromatic N) is 2. The van der Waals surface area contributed by atoms with Gasteiger partial charge in [-0.3, -0.25) is 0 Å². The molecule has 0 aliphatic carbocycles. The van der Waals surface area contributed by atoms with Crippen LogP contribution in [0.15, 0.2) is 5.03 Å². The van der Waals surface area contributed by atoms with E-state index in [4.69, 9.17) is 10.7 Å². The van der Waals surface area contributed by atoms with Gasteiger partial charge < -0.3 is 4.57 Å². The van der Waals surface area contributed by atoms with Crippen molar-refractivity contribution in [1.29, 1.82) is 0 Å². The largest absolute Gasteiger partial charge is 0.328 e. The van der Waals surface area contributed by atoms with Crippen molar-refractivity contribution in [3.05, 3.63) is 11.5 Å². The zero-order chi connectivity index (χ0) is 12.8. The van der Waals surface area contributed by atoms with Crippen molar-refractivity contribution in [2.24, 2.45) is 0 Å². The number of rotatable bonds is 2. The van der Waals surface area contributed by atoms with Gasteiger partial charge in [0.2, 0.25) is 0 Å². The molecule has 1 aliphatic rings. The minimum atomic E-state index is -3.74. The molecule has 0 amide bonds. The fraction of sp³-hybridized carbons (Fsp3) is 0.727. The summed E-state index contributed by atoms with van der Waals surface area (Å²) in [7, 11) is 1.72. The van der Waals surface area contributed by atoms with Gasteiger partial charge in [-0.15, -0.1) is 0 Å². The zero-order valence-corrected chi connectivity index (χ0v) is 11.8. The second-order valence-corrected chi connectivity index (χ2v) is 7.41. The van der Waals surface area contributed by atoms with Crippen LogP contribution in [-0.4, -0.2) is 18.0 Å². The Bertz CT molecular complexity index is 534. The first kappa shape index (κ1) is 12.9. The van der Waals surface area contributed by atoms with Crippen molar-refractivity contribution >= 4 is 19.7 Å². The normalized spacial score (nSPS) is 20.6. The summed E-state index contributed by atoms with van der Waals surface area (Å²) in [6.07, 6.45) is 2.79. The topological polar surface area (TPSA) is 52.0 Å². The molecule has 0 saturated carbocycles. The van der Waals surface area contributed by atoms with E-state index in [1.165, 1.54) is 0 Å². The van der Waals surface area contributed by atoms with Gasteiger partial charge in [0.1, 0.15) is 5.82 Å². The lowest BCUT2D eigenvalue weighted by molar-refractivity contribution is 0.410. The first-order valence-corrected chi connectivity index (χ1v) is 8.19. The summed E-state index contributed by atoms with van der Waals surface area (Å²) in [6, 6.07) is 0.302. The third kappa shape index (κ3) is 2.22. The standard InChI is InChI=1S/C11H17ClN2O2S/c1-7(2)10-13-11(17(12,15)16)9-6-4-5-8(3)14(9)10/h7-8H,4-6H2,1-3H3. The van der Waals surface area contributed by atoms with Crippen LogP contribution in [0.25, 0.3) is 0 Å². The molecule has 6 heteroatoms. The quantitative estimate of drug-likeness (QED) is 0.781. The highest BCUT2D eigenvalue weighted by molar-refractivity contribution is 8.13. The lowest BCUT2D eigenvalue weighted by Gasteiger charge is -2.25. The Hall–Kier alpha value is -0.550. The second-order valence-electron chi connectivity index (χ2n) is 4.93. The molecule has 0 aromatic carbocycles. The van der Waals surface area contributed by atoms with E-state index in [1.54, 1.807) is 0 Å². The number of imidazole rings is 1. The van der Waals surface area contributed by atoms with Gasteiger partial charge in [0.05, 0.1) is 5.69 Å². The highest BCUT2D eigenvalue weighted by Gasteiger charge is 2.30. The molecule has 0 saturated heterocycles. The predicted molar refractivity (Wildman–Crippen MR) is 67.0 cm³/mol. The van der Waals surface area contributed by atoms with Gasteiger partial charge >= 0.3 is 0 Å². The van der Waals surface area contributed by atoms with Gasteiger partial charge in [-0.25, -0.2) is 13.4 Å². The molecule has 96 valence electrons. The van der Waals surface area contributed by atoms with Gasteiger partial charge in [-0.2, -0.15) is 0 Å². The smallest absolute Gasteiger partial charge is 0.280 e. The fourth-order valence-electron chi connectivity index (χ4n) is 2.48. The zero-order valence-electron chi connectivity index (χ0n) is 10.3. The number of hydrogen-bond donors (Lipinski definition) is 0. The maximum Gasteiger partial charge on any atom is 0.280 e. The minimum Gasteiger partial charge on any atom is -0.328 e. The van der Waals surface area contributed by atoms with Crippen LogP contribution in [0.2, 0.25) is 0 Å². The highest BCUT2D eigenvalue weighted by atomic mass is 35.7. The van der Waals surface area contributed by atoms with Crippen LogP contribution in [0, 0.1) is 0 Å². The number of hydrogen-bond acceptors (Lipinski definition) is 3. The van der Waals surface area contributed by atoms with E-state index in [1.807, 2.05) is 13.8 Å². The molecular formula is C11H17ClN2O2S. The predicted octanol–water partition coefficient (Wildman–Crippen LogP) is 2.83. The summed E-state index contributed by atoms with van der Waals surface area (Å²) in [5.74, 6) is 1.02. The number of aromatic nitrogens is 2. The molecule has 0 spiro atoms. The van der Waals surface area contributed by atoms with Crippen molar-refractivity contribution in [2.45, 2.75) is 57.0 Å². The molecule has 0 fully saturated rings. The Labute approximate surface area is 106 Å². The van der Waals surface area contributed by atoms with Gasteiger partial charge in [-0.1, -0.05) is 13.8 Å². The average molecular weight is 277 g/mol.